The summed E-state index contributed by atoms with van der Waals surface area (Å²) in [6.07, 6.45) is -2.17. The summed E-state index contributed by atoms with van der Waals surface area (Å²) in [5.74, 6) is 4.14. The van der Waals surface area contributed by atoms with Crippen molar-refractivity contribution in [1.29, 1.82) is 0 Å². The summed E-state index contributed by atoms with van der Waals surface area (Å²) in [6.45, 7) is 1.83. The van der Waals surface area contributed by atoms with Crippen molar-refractivity contribution in [3.63, 3.8) is 0 Å². The van der Waals surface area contributed by atoms with Crippen molar-refractivity contribution in [2.24, 2.45) is 5.73 Å². The van der Waals surface area contributed by atoms with E-state index < -0.39 is 23.6 Å². The zero-order chi connectivity index (χ0) is 28.6. The van der Waals surface area contributed by atoms with E-state index in [2.05, 4.69) is 42.5 Å². The Morgan fingerprint density at radius 3 is 2.62 bits per heavy atom. The summed E-state index contributed by atoms with van der Waals surface area (Å²) in [5.41, 5.74) is 5.83. The number of methoxy groups -OCH3 is 1. The fraction of sp³-hybridized carbons (Fsp3) is 0.120. The molecule has 0 aliphatic heterocycles. The first-order valence-corrected chi connectivity index (χ1v) is 12.1. The average molecular weight is 567 g/mol. The molecule has 0 atom stereocenters. The number of alkyl halides is 3. The van der Waals surface area contributed by atoms with E-state index in [1.54, 1.807) is 6.07 Å². The van der Waals surface area contributed by atoms with Gasteiger partial charge in [-0.25, -0.2) is 4.98 Å². The molecule has 4 heterocycles. The van der Waals surface area contributed by atoms with E-state index in [9.17, 15) is 22.8 Å². The van der Waals surface area contributed by atoms with Gasteiger partial charge in [-0.2, -0.15) is 18.3 Å². The van der Waals surface area contributed by atoms with Crippen molar-refractivity contribution in [1.82, 2.24) is 29.8 Å². The molecule has 40 heavy (non-hydrogen) atoms. The number of anilines is 1. The van der Waals surface area contributed by atoms with Crippen LogP contribution in [0, 0.1) is 18.8 Å². The summed E-state index contributed by atoms with van der Waals surface area (Å²) in [4.78, 5) is 29.5. The fourth-order valence-electron chi connectivity index (χ4n) is 3.79. The Morgan fingerprint density at radius 1 is 1.15 bits per heavy atom. The maximum absolute atomic E-state index is 13.6. The van der Waals surface area contributed by atoms with Crippen molar-refractivity contribution < 1.29 is 27.5 Å². The predicted molar refractivity (Wildman–Crippen MR) is 138 cm³/mol. The standard InChI is InChI=1S/C25H17F3N8O3S/c1-12-7-14(33-32-12)4-6-21-34-35-24(40-21)31-23(38)16-9-20-30-10-18(22(29)37)36(20)11-17(16)15-8-13(25(26,27)28)3-5-19(15)39-2/h3,5,7-11H,1-2H3,(H2,29,37)(H,32,33)(H,31,35,38). The molecule has 15 heteroatoms. The van der Waals surface area contributed by atoms with Crippen LogP contribution in [0.2, 0.25) is 0 Å². The van der Waals surface area contributed by atoms with Gasteiger partial charge in [0.05, 0.1) is 24.4 Å². The first-order valence-electron chi connectivity index (χ1n) is 11.3. The summed E-state index contributed by atoms with van der Waals surface area (Å²) < 4.78 is 47.3. The van der Waals surface area contributed by atoms with Gasteiger partial charge in [-0.05, 0) is 49.1 Å². The predicted octanol–water partition coefficient (Wildman–Crippen LogP) is 3.66. The summed E-state index contributed by atoms with van der Waals surface area (Å²) in [6, 6.07) is 5.92. The topological polar surface area (TPSA) is 153 Å². The van der Waals surface area contributed by atoms with Gasteiger partial charge in [0, 0.05) is 23.0 Å². The SMILES string of the molecule is COc1ccc(C(F)(F)F)cc1-c1cn2c(C(N)=O)cnc2cc1C(=O)Nc1nnc(C#Cc2cc(C)[nH]n2)s1. The molecular weight excluding hydrogens is 549 g/mol. The van der Waals surface area contributed by atoms with Crippen LogP contribution < -0.4 is 15.8 Å². The number of imidazole rings is 1. The third-order valence-electron chi connectivity index (χ3n) is 5.61. The number of fused-ring (bicyclic) bond motifs is 1. The van der Waals surface area contributed by atoms with Crippen LogP contribution in [-0.4, -0.2) is 48.7 Å². The molecular formula is C25H17F3N8O3S. The highest BCUT2D eigenvalue weighted by atomic mass is 32.1. The van der Waals surface area contributed by atoms with Gasteiger partial charge in [0.15, 0.2) is 5.01 Å². The van der Waals surface area contributed by atoms with Crippen LogP contribution in [0.4, 0.5) is 18.3 Å². The van der Waals surface area contributed by atoms with Crippen LogP contribution in [0.1, 0.15) is 42.8 Å². The number of hydrogen-bond acceptors (Lipinski definition) is 8. The lowest BCUT2D eigenvalue weighted by atomic mass is 9.98. The first kappa shape index (κ1) is 26.4. The highest BCUT2D eigenvalue weighted by Gasteiger charge is 2.32. The maximum atomic E-state index is 13.6. The Labute approximate surface area is 227 Å². The number of ether oxygens (including phenoxy) is 1. The van der Waals surface area contributed by atoms with Crippen LogP contribution in [0.25, 0.3) is 16.8 Å². The van der Waals surface area contributed by atoms with Gasteiger partial charge in [-0.15, -0.1) is 10.2 Å². The van der Waals surface area contributed by atoms with Gasteiger partial charge in [-0.1, -0.05) is 11.3 Å². The number of rotatable bonds is 5. The van der Waals surface area contributed by atoms with Crippen LogP contribution in [0.5, 0.6) is 5.75 Å². The molecule has 0 saturated heterocycles. The van der Waals surface area contributed by atoms with Crippen molar-refractivity contribution in [2.75, 3.05) is 12.4 Å². The van der Waals surface area contributed by atoms with Gasteiger partial charge in [0.2, 0.25) is 5.13 Å². The number of carbonyl (C=O) groups excluding carboxylic acids is 2. The molecule has 4 aromatic heterocycles. The Balaban J connectivity index is 1.58. The van der Waals surface area contributed by atoms with E-state index in [4.69, 9.17) is 10.5 Å². The van der Waals surface area contributed by atoms with Crippen LogP contribution in [0.15, 0.2) is 42.7 Å². The summed E-state index contributed by atoms with van der Waals surface area (Å²) >= 11 is 0.987. The number of nitrogens with zero attached hydrogens (tertiary/aromatic N) is 5. The lowest BCUT2D eigenvalue weighted by molar-refractivity contribution is -0.137. The van der Waals surface area contributed by atoms with E-state index in [0.29, 0.717) is 10.7 Å². The molecule has 0 aliphatic rings. The highest BCUT2D eigenvalue weighted by Crippen LogP contribution is 2.39. The average Bonchev–Trinajstić information content (AvgIpc) is 3.65. The van der Waals surface area contributed by atoms with E-state index in [0.717, 1.165) is 35.2 Å². The molecule has 0 saturated carbocycles. The molecule has 202 valence electrons. The van der Waals surface area contributed by atoms with Crippen LogP contribution in [-0.2, 0) is 6.18 Å². The number of carbonyl (C=O) groups is 2. The Hall–Kier alpha value is -5.23. The number of pyridine rings is 1. The van der Waals surface area contributed by atoms with Gasteiger partial charge >= 0.3 is 6.18 Å². The zero-order valence-corrected chi connectivity index (χ0v) is 21.4. The van der Waals surface area contributed by atoms with Crippen molar-refractivity contribution in [3.05, 3.63) is 75.9 Å². The molecule has 2 amide bonds. The number of aromatic amines is 1. The number of nitrogens with one attached hydrogen (secondary N) is 2. The molecule has 1 aromatic carbocycles. The maximum Gasteiger partial charge on any atom is 0.416 e. The number of H-pyrrole nitrogens is 1. The normalized spacial score (nSPS) is 11.2. The van der Waals surface area contributed by atoms with E-state index in [1.165, 1.54) is 30.0 Å². The second kappa shape index (κ2) is 10.2. The second-order valence-corrected chi connectivity index (χ2v) is 9.28. The smallest absolute Gasteiger partial charge is 0.416 e. The molecule has 0 unspecified atom stereocenters. The number of hydrogen-bond donors (Lipinski definition) is 3. The number of nitrogens with two attached hydrogens (primary N) is 1. The number of aromatic nitrogens is 6. The molecule has 5 rings (SSSR count). The quantitative estimate of drug-likeness (QED) is 0.275. The Morgan fingerprint density at radius 2 is 1.95 bits per heavy atom. The fourth-order valence-corrected chi connectivity index (χ4v) is 4.38. The van der Waals surface area contributed by atoms with Crippen LogP contribution in [0.3, 0.4) is 0 Å². The Kier molecular flexibility index (Phi) is 6.69. The zero-order valence-electron chi connectivity index (χ0n) is 20.6. The van der Waals surface area contributed by atoms with Gasteiger partial charge in [0.25, 0.3) is 11.8 Å². The molecule has 5 aromatic rings. The van der Waals surface area contributed by atoms with Crippen molar-refractivity contribution in [2.45, 2.75) is 13.1 Å². The lowest BCUT2D eigenvalue weighted by Gasteiger charge is -2.16. The largest absolute Gasteiger partial charge is 0.496 e. The minimum Gasteiger partial charge on any atom is -0.496 e. The molecule has 0 fully saturated rings. The molecule has 0 bridgehead atoms. The van der Waals surface area contributed by atoms with Gasteiger partial charge in [0.1, 0.15) is 22.8 Å². The minimum atomic E-state index is -4.67. The van der Waals surface area contributed by atoms with Gasteiger partial charge < -0.3 is 10.5 Å². The molecule has 4 N–H and O–H groups in total. The monoisotopic (exact) mass is 566 g/mol. The number of benzene rings is 1. The van der Waals surface area contributed by atoms with E-state index in [1.807, 2.05) is 6.92 Å². The third kappa shape index (κ3) is 5.20. The highest BCUT2D eigenvalue weighted by molar-refractivity contribution is 7.15. The second-order valence-electron chi connectivity index (χ2n) is 8.30. The first-order chi connectivity index (χ1) is 19.0. The van der Waals surface area contributed by atoms with Crippen molar-refractivity contribution in [3.8, 4) is 28.7 Å². The van der Waals surface area contributed by atoms with Crippen molar-refractivity contribution >= 4 is 33.9 Å². The summed E-state index contributed by atoms with van der Waals surface area (Å²) in [5, 5.41) is 17.6. The molecule has 0 aliphatic carbocycles. The number of amides is 2. The number of aryl methyl sites for hydroxylation is 1. The minimum absolute atomic E-state index is 0.0203. The van der Waals surface area contributed by atoms with Crippen LogP contribution >= 0.6 is 11.3 Å². The van der Waals surface area contributed by atoms with E-state index >= 15 is 0 Å². The number of halogens is 3. The lowest BCUT2D eigenvalue weighted by Crippen LogP contribution is -2.16. The number of primary amides is 1. The third-order valence-corrected chi connectivity index (χ3v) is 6.36. The molecule has 11 nitrogen and oxygen atoms in total. The Bertz CT molecular complexity index is 1850. The van der Waals surface area contributed by atoms with Gasteiger partial charge in [-0.3, -0.25) is 24.4 Å². The summed E-state index contributed by atoms with van der Waals surface area (Å²) in [7, 11) is 1.28. The van der Waals surface area contributed by atoms with E-state index in [-0.39, 0.29) is 38.9 Å². The molecule has 0 radical (unpaired) electrons. The molecule has 0 spiro atoms.